The van der Waals surface area contributed by atoms with Crippen LogP contribution in [0.3, 0.4) is 0 Å². The van der Waals surface area contributed by atoms with Gasteiger partial charge in [-0.25, -0.2) is 0 Å². The number of fused-ring (bicyclic) bond motifs is 4. The van der Waals surface area contributed by atoms with Gasteiger partial charge < -0.3 is 9.47 Å². The van der Waals surface area contributed by atoms with Gasteiger partial charge in [-0.1, -0.05) is 212 Å². The van der Waals surface area contributed by atoms with Crippen molar-refractivity contribution in [2.45, 2.75) is 0 Å². The summed E-state index contributed by atoms with van der Waals surface area (Å²) in [6, 6.07) is 96.8. The highest BCUT2D eigenvalue weighted by atomic mass is 15.1. The van der Waals surface area contributed by atoms with Crippen molar-refractivity contribution >= 4 is 49.6 Å². The van der Waals surface area contributed by atoms with Crippen molar-refractivity contribution in [1.29, 1.82) is 0 Å². The van der Waals surface area contributed by atoms with Gasteiger partial charge in [-0.05, 0) is 115 Å². The van der Waals surface area contributed by atoms with Crippen LogP contribution < -0.4 is 4.90 Å². The molecule has 0 N–H and O–H groups in total. The molecule has 2 heteroatoms. The molecule has 0 bridgehead atoms. The average Bonchev–Trinajstić information content (AvgIpc) is 3.75. The lowest BCUT2D eigenvalue weighted by atomic mass is 9.96. The van der Waals surface area contributed by atoms with Crippen molar-refractivity contribution in [1.82, 2.24) is 4.57 Å². The normalized spacial score (nSPS) is 11.3. The van der Waals surface area contributed by atoms with E-state index in [1.54, 1.807) is 0 Å². The number of aromatic nitrogens is 1. The molecule has 0 radical (unpaired) electrons. The Morgan fingerprint density at radius 1 is 0.273 bits per heavy atom. The molecule has 0 unspecified atom stereocenters. The van der Waals surface area contributed by atoms with E-state index in [2.05, 4.69) is 276 Å². The highest BCUT2D eigenvalue weighted by Crippen LogP contribution is 2.44. The standard InChI is InChI=1S/C64H44N2/c1-4-16-45(17-5-1)47-36-40-54(41-37-47)65(55-42-38-48(39-43-55)46-32-34-51(35-33-46)58-27-13-21-49-20-10-11-26-57(49)58)56-25-12-22-52(44-56)59-28-15-31-62-63(59)61-30-14-29-60(50-18-6-2-7-19-50)64(61)66(62)53-23-8-3-9-24-53/h1-44H. The maximum Gasteiger partial charge on any atom is 0.0619 e. The number of anilines is 3. The quantitative estimate of drug-likeness (QED) is 0.141. The molecule has 0 spiro atoms. The van der Waals surface area contributed by atoms with Crippen molar-refractivity contribution in [2.75, 3.05) is 4.90 Å². The molecule has 2 nitrogen and oxygen atoms in total. The monoisotopic (exact) mass is 840 g/mol. The zero-order valence-electron chi connectivity index (χ0n) is 36.3. The molecule has 0 atom stereocenters. The van der Waals surface area contributed by atoms with Crippen molar-refractivity contribution < 1.29 is 0 Å². The number of rotatable bonds is 9. The third kappa shape index (κ3) is 7.02. The molecule has 66 heavy (non-hydrogen) atoms. The molecule has 11 aromatic carbocycles. The Morgan fingerprint density at radius 2 is 0.727 bits per heavy atom. The molecule has 310 valence electrons. The van der Waals surface area contributed by atoms with Crippen LogP contribution in [0.4, 0.5) is 17.1 Å². The predicted octanol–water partition coefficient (Wildman–Crippen LogP) is 17.7. The van der Waals surface area contributed by atoms with E-state index in [9.17, 15) is 0 Å². The Balaban J connectivity index is 0.970. The minimum Gasteiger partial charge on any atom is -0.310 e. The second-order valence-electron chi connectivity index (χ2n) is 16.9. The van der Waals surface area contributed by atoms with E-state index in [0.717, 1.165) is 28.3 Å². The first-order valence-electron chi connectivity index (χ1n) is 22.7. The van der Waals surface area contributed by atoms with Crippen molar-refractivity contribution in [3.63, 3.8) is 0 Å². The van der Waals surface area contributed by atoms with Crippen LogP contribution in [0.1, 0.15) is 0 Å². The van der Waals surface area contributed by atoms with E-state index in [1.165, 1.54) is 82.6 Å². The van der Waals surface area contributed by atoms with Gasteiger partial charge in [0.2, 0.25) is 0 Å². The van der Waals surface area contributed by atoms with E-state index in [1.807, 2.05) is 0 Å². The summed E-state index contributed by atoms with van der Waals surface area (Å²) < 4.78 is 2.44. The van der Waals surface area contributed by atoms with Crippen LogP contribution in [-0.2, 0) is 0 Å². The minimum atomic E-state index is 1.08. The van der Waals surface area contributed by atoms with Gasteiger partial charge >= 0.3 is 0 Å². The Bertz CT molecular complexity index is 3640. The fraction of sp³-hybridized carbons (Fsp3) is 0. The van der Waals surface area contributed by atoms with Crippen molar-refractivity contribution in [3.8, 4) is 61.3 Å². The van der Waals surface area contributed by atoms with Gasteiger partial charge in [-0.3, -0.25) is 0 Å². The first-order chi connectivity index (χ1) is 32.7. The highest BCUT2D eigenvalue weighted by Gasteiger charge is 2.21. The number of benzene rings is 11. The van der Waals surface area contributed by atoms with Crippen LogP contribution in [0.2, 0.25) is 0 Å². The van der Waals surface area contributed by atoms with Crippen LogP contribution in [0, 0.1) is 0 Å². The van der Waals surface area contributed by atoms with Gasteiger partial charge in [0, 0.05) is 39.1 Å². The summed E-state index contributed by atoms with van der Waals surface area (Å²) in [6.07, 6.45) is 0. The van der Waals surface area contributed by atoms with Gasteiger partial charge in [0.15, 0.2) is 0 Å². The fourth-order valence-electron chi connectivity index (χ4n) is 9.87. The number of para-hydroxylation sites is 2. The first-order valence-corrected chi connectivity index (χ1v) is 22.7. The smallest absolute Gasteiger partial charge is 0.0619 e. The Kier molecular flexibility index (Phi) is 9.89. The third-order valence-corrected chi connectivity index (χ3v) is 13.0. The van der Waals surface area contributed by atoms with Gasteiger partial charge in [0.05, 0.1) is 11.0 Å². The fourth-order valence-corrected chi connectivity index (χ4v) is 9.87. The topological polar surface area (TPSA) is 8.17 Å². The maximum absolute atomic E-state index is 2.44. The molecule has 0 amide bonds. The van der Waals surface area contributed by atoms with E-state index < -0.39 is 0 Å². The van der Waals surface area contributed by atoms with Gasteiger partial charge in [0.25, 0.3) is 0 Å². The lowest BCUT2D eigenvalue weighted by Crippen LogP contribution is -2.10. The van der Waals surface area contributed by atoms with Crippen LogP contribution in [-0.4, -0.2) is 4.57 Å². The second-order valence-corrected chi connectivity index (χ2v) is 16.9. The summed E-state index contributed by atoms with van der Waals surface area (Å²) in [7, 11) is 0. The van der Waals surface area contributed by atoms with Crippen LogP contribution in [0.15, 0.2) is 267 Å². The largest absolute Gasteiger partial charge is 0.310 e. The van der Waals surface area contributed by atoms with Crippen molar-refractivity contribution in [3.05, 3.63) is 267 Å². The summed E-state index contributed by atoms with van der Waals surface area (Å²) >= 11 is 0. The molecule has 0 saturated carbocycles. The summed E-state index contributed by atoms with van der Waals surface area (Å²) in [4.78, 5) is 2.38. The Morgan fingerprint density at radius 3 is 1.42 bits per heavy atom. The number of hydrogen-bond acceptors (Lipinski definition) is 1. The van der Waals surface area contributed by atoms with Crippen LogP contribution in [0.5, 0.6) is 0 Å². The molecule has 0 aliphatic rings. The molecule has 12 aromatic rings. The molecule has 1 aromatic heterocycles. The molecule has 0 aliphatic carbocycles. The summed E-state index contributed by atoms with van der Waals surface area (Å²) in [5, 5.41) is 4.99. The first kappa shape index (κ1) is 38.9. The molecular formula is C64H44N2. The minimum absolute atomic E-state index is 1.08. The number of hydrogen-bond donors (Lipinski definition) is 0. The van der Waals surface area contributed by atoms with Gasteiger partial charge in [-0.2, -0.15) is 0 Å². The van der Waals surface area contributed by atoms with E-state index in [-0.39, 0.29) is 0 Å². The summed E-state index contributed by atoms with van der Waals surface area (Å²) in [6.45, 7) is 0. The third-order valence-electron chi connectivity index (χ3n) is 13.0. The maximum atomic E-state index is 2.44. The van der Waals surface area contributed by atoms with E-state index in [4.69, 9.17) is 0 Å². The lowest BCUT2D eigenvalue weighted by Gasteiger charge is -2.26. The molecule has 12 rings (SSSR count). The molecule has 0 saturated heterocycles. The predicted molar refractivity (Wildman–Crippen MR) is 280 cm³/mol. The summed E-state index contributed by atoms with van der Waals surface area (Å²) in [5.74, 6) is 0. The van der Waals surface area contributed by atoms with Crippen LogP contribution in [0.25, 0.3) is 93.9 Å². The molecule has 0 fully saturated rings. The average molecular weight is 841 g/mol. The van der Waals surface area contributed by atoms with Crippen LogP contribution >= 0.6 is 0 Å². The molecular weight excluding hydrogens is 797 g/mol. The van der Waals surface area contributed by atoms with E-state index in [0.29, 0.717) is 0 Å². The number of nitrogens with zero attached hydrogens (tertiary/aromatic N) is 2. The van der Waals surface area contributed by atoms with Crippen molar-refractivity contribution in [2.24, 2.45) is 0 Å². The second kappa shape index (κ2) is 16.8. The van der Waals surface area contributed by atoms with Gasteiger partial charge in [-0.15, -0.1) is 0 Å². The van der Waals surface area contributed by atoms with E-state index >= 15 is 0 Å². The lowest BCUT2D eigenvalue weighted by molar-refractivity contribution is 1.18. The Hall–Kier alpha value is -8.72. The summed E-state index contributed by atoms with van der Waals surface area (Å²) in [5.41, 5.74) is 18.8. The zero-order chi connectivity index (χ0) is 43.8. The highest BCUT2D eigenvalue weighted by molar-refractivity contribution is 6.19. The zero-order valence-corrected chi connectivity index (χ0v) is 36.3. The Labute approximate surface area is 385 Å². The molecule has 0 aliphatic heterocycles. The SMILES string of the molecule is c1ccc(-c2ccc(N(c3ccc(-c4ccc(-c5cccc6ccccc56)cc4)cc3)c3cccc(-c4cccc5c4c4cccc(-c6ccccc6)c4n5-c4ccccc4)c3)cc2)cc1. The molecule has 1 heterocycles. The van der Waals surface area contributed by atoms with Gasteiger partial charge in [0.1, 0.15) is 0 Å².